The van der Waals surface area contributed by atoms with E-state index in [1.165, 1.54) is 0 Å². The molecule has 17 heavy (non-hydrogen) atoms. The predicted molar refractivity (Wildman–Crippen MR) is 70.3 cm³/mol. The Labute approximate surface area is 102 Å². The molecule has 0 unspecified atom stereocenters. The van der Waals surface area contributed by atoms with Crippen molar-refractivity contribution in [3.05, 3.63) is 54.1 Å². The fraction of sp³-hybridized carbons (Fsp3) is 0.267. The minimum Gasteiger partial charge on any atom is -0.352 e. The summed E-state index contributed by atoms with van der Waals surface area (Å²) in [6.07, 6.45) is 9.92. The quantitative estimate of drug-likeness (QED) is 0.787. The number of benzene rings is 1. The van der Waals surface area contributed by atoms with Crippen molar-refractivity contribution in [2.75, 3.05) is 6.54 Å². The van der Waals surface area contributed by atoms with Crippen molar-refractivity contribution in [2.45, 2.75) is 12.8 Å². The zero-order chi connectivity index (χ0) is 11.9. The van der Waals surface area contributed by atoms with Crippen LogP contribution in [0.5, 0.6) is 0 Å². The summed E-state index contributed by atoms with van der Waals surface area (Å²) in [6.45, 7) is 0.601. The Kier molecular flexibility index (Phi) is 4.14. The second kappa shape index (κ2) is 6.04. The second-order valence-corrected chi connectivity index (χ2v) is 4.20. The largest absolute Gasteiger partial charge is 0.352 e. The Balaban J connectivity index is 1.72. The number of nitrogens with one attached hydrogen (secondary N) is 1. The van der Waals surface area contributed by atoms with Crippen molar-refractivity contribution in [1.82, 2.24) is 5.32 Å². The summed E-state index contributed by atoms with van der Waals surface area (Å²) in [5.74, 6) is 0.313. The highest BCUT2D eigenvalue weighted by molar-refractivity contribution is 5.79. The van der Waals surface area contributed by atoms with Gasteiger partial charge in [0, 0.05) is 12.5 Å². The minimum atomic E-state index is 0.153. The average molecular weight is 227 g/mol. The van der Waals surface area contributed by atoms with E-state index in [-0.39, 0.29) is 11.8 Å². The van der Waals surface area contributed by atoms with Crippen molar-refractivity contribution in [1.29, 1.82) is 0 Å². The van der Waals surface area contributed by atoms with Gasteiger partial charge in [0.2, 0.25) is 5.91 Å². The van der Waals surface area contributed by atoms with Crippen LogP contribution in [0.3, 0.4) is 0 Å². The number of amides is 1. The molecule has 1 aliphatic carbocycles. The summed E-state index contributed by atoms with van der Waals surface area (Å²) < 4.78 is 0. The van der Waals surface area contributed by atoms with Gasteiger partial charge < -0.3 is 5.32 Å². The van der Waals surface area contributed by atoms with Gasteiger partial charge >= 0.3 is 0 Å². The lowest BCUT2D eigenvalue weighted by molar-refractivity contribution is -0.124. The molecule has 1 aliphatic rings. The van der Waals surface area contributed by atoms with Crippen LogP contribution in [0.25, 0.3) is 6.08 Å². The molecule has 2 rings (SSSR count). The first-order valence-corrected chi connectivity index (χ1v) is 6.00. The standard InChI is InChI=1S/C15H17NO/c17-15(14-10-4-5-11-14)16-12-6-9-13-7-2-1-3-8-13/h1-9,14H,10-12H2,(H,16,17)/b9-6+. The lowest BCUT2D eigenvalue weighted by atomic mass is 10.1. The molecule has 0 spiro atoms. The number of carbonyl (C=O) groups excluding carboxylic acids is 1. The monoisotopic (exact) mass is 227 g/mol. The molecule has 0 heterocycles. The van der Waals surface area contributed by atoms with Gasteiger partial charge in [-0.15, -0.1) is 0 Å². The molecule has 0 bridgehead atoms. The van der Waals surface area contributed by atoms with Gasteiger partial charge in [0.1, 0.15) is 0 Å². The van der Waals surface area contributed by atoms with Crippen molar-refractivity contribution < 1.29 is 4.79 Å². The molecule has 0 atom stereocenters. The Morgan fingerprint density at radius 1 is 1.24 bits per heavy atom. The molecule has 1 aromatic carbocycles. The van der Waals surface area contributed by atoms with Crippen molar-refractivity contribution >= 4 is 12.0 Å². The molecule has 0 aromatic heterocycles. The summed E-state index contributed by atoms with van der Waals surface area (Å²) >= 11 is 0. The first-order valence-electron chi connectivity index (χ1n) is 6.00. The first-order chi connectivity index (χ1) is 8.36. The number of carbonyl (C=O) groups is 1. The first kappa shape index (κ1) is 11.6. The van der Waals surface area contributed by atoms with Crippen LogP contribution in [-0.2, 0) is 4.79 Å². The third-order valence-electron chi connectivity index (χ3n) is 2.88. The molecule has 0 saturated carbocycles. The number of hydrogen-bond acceptors (Lipinski definition) is 1. The predicted octanol–water partition coefficient (Wildman–Crippen LogP) is 2.78. The summed E-state index contributed by atoms with van der Waals surface area (Å²) in [5, 5.41) is 2.93. The van der Waals surface area contributed by atoms with Crippen molar-refractivity contribution in [3.8, 4) is 0 Å². The Morgan fingerprint density at radius 2 is 1.94 bits per heavy atom. The van der Waals surface area contributed by atoms with Crippen LogP contribution in [0.15, 0.2) is 48.6 Å². The highest BCUT2D eigenvalue weighted by Crippen LogP contribution is 2.17. The lowest BCUT2D eigenvalue weighted by Gasteiger charge is -2.08. The van der Waals surface area contributed by atoms with E-state index in [1.54, 1.807) is 0 Å². The van der Waals surface area contributed by atoms with Gasteiger partial charge in [-0.05, 0) is 18.4 Å². The van der Waals surface area contributed by atoms with E-state index in [4.69, 9.17) is 0 Å². The number of rotatable bonds is 4. The molecule has 2 nitrogen and oxygen atoms in total. The van der Waals surface area contributed by atoms with Crippen molar-refractivity contribution in [3.63, 3.8) is 0 Å². The van der Waals surface area contributed by atoms with Gasteiger partial charge in [-0.2, -0.15) is 0 Å². The summed E-state index contributed by atoms with van der Waals surface area (Å²) in [5.41, 5.74) is 1.16. The van der Waals surface area contributed by atoms with Crippen molar-refractivity contribution in [2.24, 2.45) is 5.92 Å². The fourth-order valence-electron chi connectivity index (χ4n) is 1.89. The minimum absolute atomic E-state index is 0.153. The van der Waals surface area contributed by atoms with Crippen LogP contribution >= 0.6 is 0 Å². The molecule has 0 fully saturated rings. The van der Waals surface area contributed by atoms with E-state index in [0.29, 0.717) is 6.54 Å². The maximum atomic E-state index is 11.7. The molecule has 0 aliphatic heterocycles. The zero-order valence-electron chi connectivity index (χ0n) is 9.80. The Hall–Kier alpha value is -1.83. The third kappa shape index (κ3) is 3.59. The maximum Gasteiger partial charge on any atom is 0.223 e. The zero-order valence-corrected chi connectivity index (χ0v) is 9.80. The van der Waals surface area contributed by atoms with Crippen LogP contribution in [0.1, 0.15) is 18.4 Å². The molecule has 88 valence electrons. The van der Waals surface area contributed by atoms with E-state index >= 15 is 0 Å². The fourth-order valence-corrected chi connectivity index (χ4v) is 1.89. The molecular weight excluding hydrogens is 210 g/mol. The number of allylic oxidation sites excluding steroid dienone is 2. The van der Waals surface area contributed by atoms with Gasteiger partial charge in [-0.25, -0.2) is 0 Å². The van der Waals surface area contributed by atoms with Gasteiger partial charge in [-0.3, -0.25) is 4.79 Å². The number of hydrogen-bond donors (Lipinski definition) is 1. The van der Waals surface area contributed by atoms with Crippen LogP contribution < -0.4 is 5.32 Å². The SMILES string of the molecule is O=C(NC/C=C/c1ccccc1)C1CC=CC1. The smallest absolute Gasteiger partial charge is 0.223 e. The van der Waals surface area contributed by atoms with E-state index in [0.717, 1.165) is 18.4 Å². The van der Waals surface area contributed by atoms with E-state index in [1.807, 2.05) is 42.5 Å². The lowest BCUT2D eigenvalue weighted by Crippen LogP contribution is -2.29. The maximum absolute atomic E-state index is 11.7. The van der Waals surface area contributed by atoms with Gasteiger partial charge in [0.15, 0.2) is 0 Å². The molecule has 2 heteroatoms. The Morgan fingerprint density at radius 3 is 2.65 bits per heavy atom. The summed E-state index contributed by atoms with van der Waals surface area (Å²) in [7, 11) is 0. The molecular formula is C15H17NO. The van der Waals surface area contributed by atoms with Crippen LogP contribution in [0, 0.1) is 5.92 Å². The van der Waals surface area contributed by atoms with Crippen LogP contribution in [0.2, 0.25) is 0 Å². The van der Waals surface area contributed by atoms with E-state index in [9.17, 15) is 4.79 Å². The molecule has 1 amide bonds. The van der Waals surface area contributed by atoms with Crippen LogP contribution in [-0.4, -0.2) is 12.5 Å². The van der Waals surface area contributed by atoms with Gasteiger partial charge in [0.25, 0.3) is 0 Å². The van der Waals surface area contributed by atoms with E-state index < -0.39 is 0 Å². The van der Waals surface area contributed by atoms with Gasteiger partial charge in [0.05, 0.1) is 0 Å². The van der Waals surface area contributed by atoms with Gasteiger partial charge in [-0.1, -0.05) is 54.6 Å². The highest BCUT2D eigenvalue weighted by atomic mass is 16.1. The normalized spacial score (nSPS) is 15.5. The summed E-state index contributed by atoms with van der Waals surface area (Å²) in [6, 6.07) is 10.1. The Bertz CT molecular complexity index is 412. The molecule has 0 saturated heterocycles. The highest BCUT2D eigenvalue weighted by Gasteiger charge is 2.17. The average Bonchev–Trinajstić information content (AvgIpc) is 2.89. The molecule has 0 radical (unpaired) electrons. The van der Waals surface area contributed by atoms with E-state index in [2.05, 4.69) is 17.5 Å². The van der Waals surface area contributed by atoms with Crippen LogP contribution in [0.4, 0.5) is 0 Å². The molecule has 1 N–H and O–H groups in total. The third-order valence-corrected chi connectivity index (χ3v) is 2.88. The molecule has 1 aromatic rings. The summed E-state index contributed by atoms with van der Waals surface area (Å²) in [4.78, 5) is 11.7. The topological polar surface area (TPSA) is 29.1 Å². The second-order valence-electron chi connectivity index (χ2n) is 4.20.